The molecule has 0 amide bonds. The number of aromatic nitrogens is 3. The van der Waals surface area contributed by atoms with Gasteiger partial charge in [-0.2, -0.15) is 0 Å². The van der Waals surface area contributed by atoms with Crippen LogP contribution in [0.4, 0.5) is 5.69 Å². The lowest BCUT2D eigenvalue weighted by Crippen LogP contribution is -2.15. The summed E-state index contributed by atoms with van der Waals surface area (Å²) in [6.45, 7) is 5.39. The first-order chi connectivity index (χ1) is 12.9. The van der Waals surface area contributed by atoms with Gasteiger partial charge in [-0.15, -0.1) is 10.2 Å². The molecular weight excluding hydrogens is 364 g/mol. The van der Waals surface area contributed by atoms with E-state index in [4.69, 9.17) is 4.42 Å². The molecule has 2 aromatic heterocycles. The Morgan fingerprint density at radius 1 is 1.11 bits per heavy atom. The smallest absolute Gasteiger partial charge is 0.264 e. The van der Waals surface area contributed by atoms with Crippen molar-refractivity contribution in [2.24, 2.45) is 0 Å². The number of aryl methyl sites for hydroxylation is 3. The summed E-state index contributed by atoms with van der Waals surface area (Å²) in [5.74, 6) is 1.12. The van der Waals surface area contributed by atoms with Crippen molar-refractivity contribution in [3.63, 3.8) is 0 Å². The Morgan fingerprint density at radius 2 is 1.85 bits per heavy atom. The SMILES string of the molecule is Cc1ccccc1NS(=O)(=O)c1c(C)[nH]c(C)c1-c1nnc(C2CCC2)o1. The third kappa shape index (κ3) is 3.14. The van der Waals surface area contributed by atoms with E-state index >= 15 is 0 Å². The van der Waals surface area contributed by atoms with E-state index in [2.05, 4.69) is 19.9 Å². The van der Waals surface area contributed by atoms with Crippen molar-refractivity contribution in [2.45, 2.75) is 50.8 Å². The molecule has 8 heteroatoms. The van der Waals surface area contributed by atoms with Crippen LogP contribution < -0.4 is 4.72 Å². The van der Waals surface area contributed by atoms with Gasteiger partial charge >= 0.3 is 0 Å². The van der Waals surface area contributed by atoms with Crippen molar-refractivity contribution >= 4 is 15.7 Å². The van der Waals surface area contributed by atoms with E-state index in [0.717, 1.165) is 24.8 Å². The fraction of sp³-hybridized carbons (Fsp3) is 0.368. The maximum Gasteiger partial charge on any atom is 0.264 e. The summed E-state index contributed by atoms with van der Waals surface area (Å²) in [7, 11) is -3.84. The topological polar surface area (TPSA) is 101 Å². The lowest BCUT2D eigenvalue weighted by molar-refractivity contribution is 0.338. The number of H-pyrrole nitrogens is 1. The molecule has 1 aliphatic rings. The van der Waals surface area contributed by atoms with Gasteiger partial charge in [0.2, 0.25) is 5.89 Å². The minimum atomic E-state index is -3.84. The molecule has 7 nitrogen and oxygen atoms in total. The summed E-state index contributed by atoms with van der Waals surface area (Å²) in [6.07, 6.45) is 3.23. The Morgan fingerprint density at radius 3 is 2.52 bits per heavy atom. The standard InChI is InChI=1S/C19H22N4O3S/c1-11-7-4-5-10-15(11)23-27(24,25)17-13(3)20-12(2)16(17)19-22-21-18(26-19)14-8-6-9-14/h4-5,7,10,14,20,23H,6,8-9H2,1-3H3. The van der Waals surface area contributed by atoms with Crippen LogP contribution in [-0.2, 0) is 10.0 Å². The number of nitrogens with one attached hydrogen (secondary N) is 2. The molecule has 0 radical (unpaired) electrons. The maximum atomic E-state index is 13.2. The van der Waals surface area contributed by atoms with Crippen LogP contribution in [-0.4, -0.2) is 23.6 Å². The van der Waals surface area contributed by atoms with E-state index in [1.165, 1.54) is 0 Å². The molecule has 0 spiro atoms. The molecule has 0 unspecified atom stereocenters. The number of para-hydroxylation sites is 1. The molecular formula is C19H22N4O3S. The fourth-order valence-electron chi connectivity index (χ4n) is 3.39. The molecule has 0 atom stereocenters. The van der Waals surface area contributed by atoms with Gasteiger partial charge in [0.1, 0.15) is 4.90 Å². The summed E-state index contributed by atoms with van der Waals surface area (Å²) < 4.78 is 34.9. The average Bonchev–Trinajstić information content (AvgIpc) is 3.12. The van der Waals surface area contributed by atoms with Crippen molar-refractivity contribution < 1.29 is 12.8 Å². The molecule has 4 rings (SSSR count). The van der Waals surface area contributed by atoms with Crippen LogP contribution in [0.3, 0.4) is 0 Å². The van der Waals surface area contributed by atoms with Crippen LogP contribution in [0, 0.1) is 20.8 Å². The summed E-state index contributed by atoms with van der Waals surface area (Å²) in [5.41, 5.74) is 3.04. The Bertz CT molecular complexity index is 1090. The number of nitrogens with zero attached hydrogens (tertiary/aromatic N) is 2. The highest BCUT2D eigenvalue weighted by Crippen LogP contribution is 2.39. The van der Waals surface area contributed by atoms with Crippen LogP contribution in [0.25, 0.3) is 11.5 Å². The minimum Gasteiger partial charge on any atom is -0.420 e. The first-order valence-electron chi connectivity index (χ1n) is 8.98. The van der Waals surface area contributed by atoms with Gasteiger partial charge in [0.15, 0.2) is 0 Å². The first kappa shape index (κ1) is 17.8. The van der Waals surface area contributed by atoms with Crippen molar-refractivity contribution in [2.75, 3.05) is 4.72 Å². The van der Waals surface area contributed by atoms with Crippen molar-refractivity contribution in [3.05, 3.63) is 47.1 Å². The molecule has 0 aliphatic heterocycles. The third-order valence-corrected chi connectivity index (χ3v) is 6.62. The van der Waals surface area contributed by atoms with Gasteiger partial charge in [0.25, 0.3) is 15.9 Å². The zero-order chi connectivity index (χ0) is 19.2. The maximum absolute atomic E-state index is 13.2. The summed E-state index contributed by atoms with van der Waals surface area (Å²) in [5, 5.41) is 8.27. The average molecular weight is 386 g/mol. The lowest BCUT2D eigenvalue weighted by Gasteiger charge is -2.20. The lowest BCUT2D eigenvalue weighted by atomic mass is 9.85. The van der Waals surface area contributed by atoms with E-state index < -0.39 is 10.0 Å². The van der Waals surface area contributed by atoms with Gasteiger partial charge < -0.3 is 9.40 Å². The van der Waals surface area contributed by atoms with E-state index in [1.807, 2.05) is 26.0 Å². The molecule has 142 valence electrons. The van der Waals surface area contributed by atoms with Gasteiger partial charge in [-0.3, -0.25) is 4.72 Å². The van der Waals surface area contributed by atoms with Crippen LogP contribution in [0.15, 0.2) is 33.6 Å². The highest BCUT2D eigenvalue weighted by atomic mass is 32.2. The Balaban J connectivity index is 1.77. The quantitative estimate of drug-likeness (QED) is 0.689. The fourth-order valence-corrected chi connectivity index (χ4v) is 4.97. The molecule has 27 heavy (non-hydrogen) atoms. The van der Waals surface area contributed by atoms with Crippen molar-refractivity contribution in [1.82, 2.24) is 15.2 Å². The largest absolute Gasteiger partial charge is 0.420 e. The molecule has 3 aromatic rings. The summed E-state index contributed by atoms with van der Waals surface area (Å²) in [6, 6.07) is 7.26. The molecule has 1 fully saturated rings. The van der Waals surface area contributed by atoms with Crippen LogP contribution in [0.1, 0.15) is 48.0 Å². The second-order valence-electron chi connectivity index (χ2n) is 7.07. The first-order valence-corrected chi connectivity index (χ1v) is 10.5. The summed E-state index contributed by atoms with van der Waals surface area (Å²) in [4.78, 5) is 3.25. The monoisotopic (exact) mass is 386 g/mol. The number of benzene rings is 1. The Hall–Kier alpha value is -2.61. The van der Waals surface area contributed by atoms with Gasteiger partial charge in [-0.1, -0.05) is 24.6 Å². The van der Waals surface area contributed by atoms with E-state index in [1.54, 1.807) is 19.1 Å². The van der Waals surface area contributed by atoms with Crippen molar-refractivity contribution in [3.8, 4) is 11.5 Å². The second-order valence-corrected chi connectivity index (χ2v) is 8.69. The number of sulfonamides is 1. The predicted octanol–water partition coefficient (Wildman–Crippen LogP) is 4.06. The summed E-state index contributed by atoms with van der Waals surface area (Å²) >= 11 is 0. The Kier molecular flexibility index (Phi) is 4.30. The highest BCUT2D eigenvalue weighted by molar-refractivity contribution is 7.93. The van der Waals surface area contributed by atoms with Crippen LogP contribution in [0.5, 0.6) is 0 Å². The molecule has 1 aromatic carbocycles. The second kappa shape index (κ2) is 6.53. The normalized spacial score (nSPS) is 14.9. The number of hydrogen-bond donors (Lipinski definition) is 2. The molecule has 2 heterocycles. The van der Waals surface area contributed by atoms with Crippen LogP contribution in [0.2, 0.25) is 0 Å². The van der Waals surface area contributed by atoms with Gasteiger partial charge in [-0.25, -0.2) is 8.42 Å². The molecule has 0 saturated heterocycles. The Labute approximate surface area is 158 Å². The molecule has 2 N–H and O–H groups in total. The number of rotatable bonds is 5. The van der Waals surface area contributed by atoms with Crippen LogP contribution >= 0.6 is 0 Å². The van der Waals surface area contributed by atoms with Crippen molar-refractivity contribution in [1.29, 1.82) is 0 Å². The number of hydrogen-bond acceptors (Lipinski definition) is 5. The van der Waals surface area contributed by atoms with E-state index in [-0.39, 0.29) is 16.7 Å². The van der Waals surface area contributed by atoms with Gasteiger partial charge in [0, 0.05) is 17.3 Å². The van der Waals surface area contributed by atoms with Gasteiger partial charge in [0.05, 0.1) is 11.3 Å². The number of anilines is 1. The molecule has 1 aliphatic carbocycles. The number of aromatic amines is 1. The zero-order valence-electron chi connectivity index (χ0n) is 15.5. The minimum absolute atomic E-state index is 0.145. The predicted molar refractivity (Wildman–Crippen MR) is 102 cm³/mol. The zero-order valence-corrected chi connectivity index (χ0v) is 16.4. The molecule has 0 bridgehead atoms. The third-order valence-electron chi connectivity index (χ3n) is 5.08. The highest BCUT2D eigenvalue weighted by Gasteiger charge is 2.31. The molecule has 1 saturated carbocycles. The van der Waals surface area contributed by atoms with E-state index in [0.29, 0.717) is 28.5 Å². The van der Waals surface area contributed by atoms with E-state index in [9.17, 15) is 8.42 Å². The van der Waals surface area contributed by atoms with Gasteiger partial charge in [-0.05, 0) is 45.2 Å².